The highest BCUT2D eigenvalue weighted by Gasteiger charge is 2.43. The van der Waals surface area contributed by atoms with Crippen LogP contribution in [0.15, 0.2) is 54.6 Å². The Morgan fingerprint density at radius 3 is 2.79 bits per heavy atom. The van der Waals surface area contributed by atoms with Crippen molar-refractivity contribution < 1.29 is 9.53 Å². The van der Waals surface area contributed by atoms with Crippen molar-refractivity contribution in [3.05, 3.63) is 76.4 Å². The summed E-state index contributed by atoms with van der Waals surface area (Å²) in [5.41, 5.74) is 4.25. The fraction of sp³-hybridized carbons (Fsp3) is 0.273. The van der Waals surface area contributed by atoms with Gasteiger partial charge in [-0.15, -0.1) is 0 Å². The topological polar surface area (TPSA) is 58.2 Å². The Labute approximate surface area is 168 Å². The van der Waals surface area contributed by atoms with E-state index in [1.165, 1.54) is 0 Å². The van der Waals surface area contributed by atoms with Gasteiger partial charge < -0.3 is 9.64 Å². The van der Waals surface area contributed by atoms with Crippen molar-refractivity contribution in [3.63, 3.8) is 0 Å². The standard InChI is InChI=1S/C22H20ClN3O2/c23-16-9-4-8-15(12-16)21-18-19(14-6-2-1-3-7-14)24-25-20(18)22(27)26(21)13-17-10-5-11-28-17/h1-4,6-9,12,17,21H,5,10-11,13H2,(H,24,25). The molecule has 2 aliphatic heterocycles. The predicted molar refractivity (Wildman–Crippen MR) is 107 cm³/mol. The second kappa shape index (κ2) is 7.08. The summed E-state index contributed by atoms with van der Waals surface area (Å²) in [6.07, 6.45) is 2.09. The lowest BCUT2D eigenvalue weighted by Gasteiger charge is -2.28. The highest BCUT2D eigenvalue weighted by Crippen LogP contribution is 2.43. The van der Waals surface area contributed by atoms with E-state index in [9.17, 15) is 4.79 Å². The number of amides is 1. The Hall–Kier alpha value is -2.63. The first-order chi connectivity index (χ1) is 13.7. The quantitative estimate of drug-likeness (QED) is 0.712. The molecule has 1 N–H and O–H groups in total. The van der Waals surface area contributed by atoms with Gasteiger partial charge in [-0.2, -0.15) is 5.10 Å². The summed E-state index contributed by atoms with van der Waals surface area (Å²) >= 11 is 6.28. The van der Waals surface area contributed by atoms with Gasteiger partial charge in [-0.05, 0) is 30.5 Å². The van der Waals surface area contributed by atoms with Crippen molar-refractivity contribution in [2.75, 3.05) is 13.2 Å². The first-order valence-corrected chi connectivity index (χ1v) is 9.92. The molecule has 1 saturated heterocycles. The number of carbonyl (C=O) groups excluding carboxylic acids is 1. The molecular weight excluding hydrogens is 374 g/mol. The molecule has 0 bridgehead atoms. The van der Waals surface area contributed by atoms with Gasteiger partial charge in [0.05, 0.1) is 17.8 Å². The normalized spacial score (nSPS) is 21.3. The maximum absolute atomic E-state index is 13.3. The molecule has 1 fully saturated rings. The van der Waals surface area contributed by atoms with Gasteiger partial charge in [0.1, 0.15) is 5.69 Å². The Kier molecular flexibility index (Phi) is 4.41. The second-order valence-corrected chi connectivity index (χ2v) is 7.71. The van der Waals surface area contributed by atoms with Gasteiger partial charge >= 0.3 is 0 Å². The summed E-state index contributed by atoms with van der Waals surface area (Å²) in [7, 11) is 0. The predicted octanol–water partition coefficient (Wildman–Crippen LogP) is 4.45. The molecule has 2 aliphatic rings. The largest absolute Gasteiger partial charge is 0.376 e. The number of aromatic amines is 1. The van der Waals surface area contributed by atoms with Crippen molar-refractivity contribution in [1.82, 2.24) is 15.1 Å². The lowest BCUT2D eigenvalue weighted by atomic mass is 9.96. The molecule has 0 saturated carbocycles. The Bertz CT molecular complexity index is 1010. The van der Waals surface area contributed by atoms with Gasteiger partial charge in [-0.3, -0.25) is 9.89 Å². The average Bonchev–Trinajstić information content (AvgIpc) is 3.42. The van der Waals surface area contributed by atoms with Crippen LogP contribution < -0.4 is 0 Å². The number of nitrogens with zero attached hydrogens (tertiary/aromatic N) is 2. The molecule has 1 amide bonds. The van der Waals surface area contributed by atoms with Crippen molar-refractivity contribution in [1.29, 1.82) is 0 Å². The zero-order valence-corrected chi connectivity index (χ0v) is 16.0. The summed E-state index contributed by atoms with van der Waals surface area (Å²) < 4.78 is 5.82. The number of nitrogens with one attached hydrogen (secondary N) is 1. The highest BCUT2D eigenvalue weighted by molar-refractivity contribution is 6.30. The maximum Gasteiger partial charge on any atom is 0.273 e. The zero-order chi connectivity index (χ0) is 19.1. The van der Waals surface area contributed by atoms with Crippen LogP contribution in [0.1, 0.15) is 40.5 Å². The molecule has 2 unspecified atom stereocenters. The molecule has 28 heavy (non-hydrogen) atoms. The van der Waals surface area contributed by atoms with Crippen LogP contribution >= 0.6 is 11.6 Å². The molecule has 142 valence electrons. The van der Waals surface area contributed by atoms with Gasteiger partial charge in [-0.1, -0.05) is 54.1 Å². The minimum atomic E-state index is -0.237. The Balaban J connectivity index is 1.63. The molecule has 0 aliphatic carbocycles. The van der Waals surface area contributed by atoms with Crippen LogP contribution in [0.4, 0.5) is 0 Å². The van der Waals surface area contributed by atoms with Gasteiger partial charge in [-0.25, -0.2) is 0 Å². The fourth-order valence-electron chi connectivity index (χ4n) is 4.23. The molecule has 1 aromatic heterocycles. The van der Waals surface area contributed by atoms with E-state index >= 15 is 0 Å². The van der Waals surface area contributed by atoms with Gasteiger partial charge in [0, 0.05) is 29.3 Å². The molecule has 2 atom stereocenters. The number of halogens is 1. The van der Waals surface area contributed by atoms with E-state index in [0.717, 1.165) is 41.8 Å². The number of hydrogen-bond acceptors (Lipinski definition) is 3. The van der Waals surface area contributed by atoms with Crippen LogP contribution in [0.2, 0.25) is 5.02 Å². The molecular formula is C22H20ClN3O2. The first-order valence-electron chi connectivity index (χ1n) is 9.54. The van der Waals surface area contributed by atoms with E-state index in [1.54, 1.807) is 0 Å². The zero-order valence-electron chi connectivity index (χ0n) is 15.3. The monoisotopic (exact) mass is 393 g/mol. The minimum absolute atomic E-state index is 0.0369. The molecule has 3 aromatic rings. The molecule has 5 nitrogen and oxygen atoms in total. The van der Waals surface area contributed by atoms with E-state index in [4.69, 9.17) is 16.3 Å². The summed E-state index contributed by atoms with van der Waals surface area (Å²) in [5, 5.41) is 8.13. The lowest BCUT2D eigenvalue weighted by molar-refractivity contribution is 0.0495. The van der Waals surface area contributed by atoms with Gasteiger partial charge in [0.2, 0.25) is 0 Å². The summed E-state index contributed by atoms with van der Waals surface area (Å²) in [4.78, 5) is 15.2. The maximum atomic E-state index is 13.3. The molecule has 6 heteroatoms. The third-order valence-corrected chi connectivity index (χ3v) is 5.73. The molecule has 3 heterocycles. The smallest absolute Gasteiger partial charge is 0.273 e. The number of hydrogen-bond donors (Lipinski definition) is 1. The Morgan fingerprint density at radius 1 is 1.18 bits per heavy atom. The third-order valence-electron chi connectivity index (χ3n) is 5.50. The fourth-order valence-corrected chi connectivity index (χ4v) is 4.43. The van der Waals surface area contributed by atoms with E-state index < -0.39 is 0 Å². The summed E-state index contributed by atoms with van der Waals surface area (Å²) in [6, 6.07) is 17.4. The summed E-state index contributed by atoms with van der Waals surface area (Å²) in [5.74, 6) is -0.0369. The molecule has 2 aromatic carbocycles. The van der Waals surface area contributed by atoms with E-state index in [-0.39, 0.29) is 18.1 Å². The number of fused-ring (bicyclic) bond motifs is 1. The lowest BCUT2D eigenvalue weighted by Crippen LogP contribution is -2.36. The summed E-state index contributed by atoms with van der Waals surface area (Å²) in [6.45, 7) is 1.32. The number of aromatic nitrogens is 2. The van der Waals surface area contributed by atoms with Crippen molar-refractivity contribution >= 4 is 17.5 Å². The molecule has 5 rings (SSSR count). The van der Waals surface area contributed by atoms with Crippen LogP contribution in [0.5, 0.6) is 0 Å². The van der Waals surface area contributed by atoms with Crippen LogP contribution in [0, 0.1) is 0 Å². The van der Waals surface area contributed by atoms with Crippen LogP contribution in [0.25, 0.3) is 11.3 Å². The number of ether oxygens (including phenoxy) is 1. The second-order valence-electron chi connectivity index (χ2n) is 7.28. The third kappa shape index (κ3) is 2.91. The van der Waals surface area contributed by atoms with E-state index in [1.807, 2.05) is 59.5 Å². The van der Waals surface area contributed by atoms with Crippen molar-refractivity contribution in [2.24, 2.45) is 0 Å². The van der Waals surface area contributed by atoms with Crippen molar-refractivity contribution in [3.8, 4) is 11.3 Å². The number of H-pyrrole nitrogens is 1. The molecule has 0 spiro atoms. The van der Waals surface area contributed by atoms with Crippen LogP contribution in [-0.2, 0) is 4.74 Å². The number of benzene rings is 2. The van der Waals surface area contributed by atoms with Crippen LogP contribution in [-0.4, -0.2) is 40.3 Å². The highest BCUT2D eigenvalue weighted by atomic mass is 35.5. The van der Waals surface area contributed by atoms with Gasteiger partial charge in [0.15, 0.2) is 0 Å². The average molecular weight is 394 g/mol. The first kappa shape index (κ1) is 17.5. The van der Waals surface area contributed by atoms with Crippen LogP contribution in [0.3, 0.4) is 0 Å². The van der Waals surface area contributed by atoms with E-state index in [2.05, 4.69) is 10.2 Å². The van der Waals surface area contributed by atoms with E-state index in [0.29, 0.717) is 17.3 Å². The Morgan fingerprint density at radius 2 is 2.04 bits per heavy atom. The minimum Gasteiger partial charge on any atom is -0.376 e. The SMILES string of the molecule is O=C1c2[nH]nc(-c3ccccc3)c2C(c2cccc(Cl)c2)N1CC1CCCO1. The van der Waals surface area contributed by atoms with Gasteiger partial charge in [0.25, 0.3) is 5.91 Å². The van der Waals surface area contributed by atoms with Crippen molar-refractivity contribution in [2.45, 2.75) is 25.0 Å². The number of rotatable bonds is 4. The number of carbonyl (C=O) groups is 1. The molecule has 0 radical (unpaired) electrons.